The molecule has 21 heavy (non-hydrogen) atoms. The highest BCUT2D eigenvalue weighted by Crippen LogP contribution is 2.18. The number of anilines is 1. The molecule has 2 aromatic carbocycles. The van der Waals surface area contributed by atoms with Crippen LogP contribution in [0.15, 0.2) is 46.9 Å². The maximum Gasteiger partial charge on any atom is 0.321 e. The lowest BCUT2D eigenvalue weighted by Gasteiger charge is -2.19. The van der Waals surface area contributed by atoms with Crippen molar-refractivity contribution in [3.63, 3.8) is 0 Å². The smallest absolute Gasteiger partial charge is 0.321 e. The molecule has 0 fully saturated rings. The van der Waals surface area contributed by atoms with Crippen LogP contribution in [0.1, 0.15) is 5.56 Å². The molecule has 0 aromatic heterocycles. The molecule has 0 atom stereocenters. The first-order valence-corrected chi connectivity index (χ1v) is 6.96. The van der Waals surface area contributed by atoms with Gasteiger partial charge in [-0.15, -0.1) is 0 Å². The van der Waals surface area contributed by atoms with E-state index in [9.17, 15) is 13.6 Å². The number of nitrogens with zero attached hydrogens (tertiary/aromatic N) is 1. The molecule has 6 heteroatoms. The number of hydrogen-bond acceptors (Lipinski definition) is 1. The molecule has 0 unspecified atom stereocenters. The van der Waals surface area contributed by atoms with Crippen LogP contribution in [0.2, 0.25) is 0 Å². The normalized spacial score (nSPS) is 10.3. The van der Waals surface area contributed by atoms with E-state index in [1.807, 2.05) is 24.3 Å². The van der Waals surface area contributed by atoms with E-state index >= 15 is 0 Å². The number of urea groups is 1. The second kappa shape index (κ2) is 6.67. The zero-order valence-electron chi connectivity index (χ0n) is 11.2. The third-order valence-electron chi connectivity index (χ3n) is 2.83. The quantitative estimate of drug-likeness (QED) is 0.870. The summed E-state index contributed by atoms with van der Waals surface area (Å²) in [4.78, 5) is 13.4. The molecule has 0 saturated heterocycles. The molecule has 110 valence electrons. The van der Waals surface area contributed by atoms with Crippen molar-refractivity contribution < 1.29 is 13.6 Å². The largest absolute Gasteiger partial charge is 0.323 e. The van der Waals surface area contributed by atoms with E-state index in [1.165, 1.54) is 4.90 Å². The average molecular weight is 355 g/mol. The van der Waals surface area contributed by atoms with Crippen molar-refractivity contribution in [3.8, 4) is 0 Å². The highest BCUT2D eigenvalue weighted by molar-refractivity contribution is 9.10. The third kappa shape index (κ3) is 4.26. The Morgan fingerprint density at radius 2 is 1.81 bits per heavy atom. The third-order valence-corrected chi connectivity index (χ3v) is 3.60. The molecule has 0 aliphatic carbocycles. The molecule has 2 rings (SSSR count). The van der Waals surface area contributed by atoms with Gasteiger partial charge in [0.2, 0.25) is 0 Å². The van der Waals surface area contributed by atoms with Gasteiger partial charge in [0.25, 0.3) is 0 Å². The van der Waals surface area contributed by atoms with Gasteiger partial charge in [0, 0.05) is 29.8 Å². The van der Waals surface area contributed by atoms with Crippen LogP contribution in [0.3, 0.4) is 0 Å². The number of nitrogens with one attached hydrogen (secondary N) is 1. The number of amides is 2. The van der Waals surface area contributed by atoms with Gasteiger partial charge < -0.3 is 10.2 Å². The van der Waals surface area contributed by atoms with Gasteiger partial charge in [-0.3, -0.25) is 0 Å². The number of hydrogen-bond donors (Lipinski definition) is 1. The fourth-order valence-electron chi connectivity index (χ4n) is 1.80. The monoisotopic (exact) mass is 354 g/mol. The molecule has 0 aliphatic rings. The van der Waals surface area contributed by atoms with Gasteiger partial charge >= 0.3 is 6.03 Å². The summed E-state index contributed by atoms with van der Waals surface area (Å²) >= 11 is 3.40. The second-order valence-electron chi connectivity index (χ2n) is 4.54. The molecule has 1 N–H and O–H groups in total. The van der Waals surface area contributed by atoms with Crippen LogP contribution in [-0.2, 0) is 6.54 Å². The van der Waals surface area contributed by atoms with Gasteiger partial charge in [0.1, 0.15) is 11.6 Å². The van der Waals surface area contributed by atoms with E-state index in [4.69, 9.17) is 0 Å². The lowest BCUT2D eigenvalue weighted by atomic mass is 10.2. The summed E-state index contributed by atoms with van der Waals surface area (Å²) in [6.45, 7) is 0.366. The molecule has 0 bridgehead atoms. The number of rotatable bonds is 3. The van der Waals surface area contributed by atoms with Crippen molar-refractivity contribution in [2.24, 2.45) is 0 Å². The first-order valence-electron chi connectivity index (χ1n) is 6.17. The molecule has 3 nitrogen and oxygen atoms in total. The average Bonchev–Trinajstić information content (AvgIpc) is 2.40. The molecule has 2 aromatic rings. The molecular formula is C15H13BrF2N2O. The van der Waals surface area contributed by atoms with Crippen LogP contribution in [-0.4, -0.2) is 18.0 Å². The Hall–Kier alpha value is -1.95. The second-order valence-corrected chi connectivity index (χ2v) is 5.39. The molecule has 0 heterocycles. The fraction of sp³-hybridized carbons (Fsp3) is 0.133. The van der Waals surface area contributed by atoms with Crippen LogP contribution in [0.4, 0.5) is 19.3 Å². The van der Waals surface area contributed by atoms with Gasteiger partial charge in [0.15, 0.2) is 0 Å². The Morgan fingerprint density at radius 1 is 1.19 bits per heavy atom. The Labute approximate surface area is 129 Å². The maximum atomic E-state index is 13.1. The molecule has 0 radical (unpaired) electrons. The first-order chi connectivity index (χ1) is 9.95. The van der Waals surface area contributed by atoms with Gasteiger partial charge in [-0.05, 0) is 23.8 Å². The van der Waals surface area contributed by atoms with Crippen molar-refractivity contribution in [1.82, 2.24) is 4.90 Å². The van der Waals surface area contributed by atoms with Crippen molar-refractivity contribution in [2.75, 3.05) is 12.4 Å². The molecule has 0 saturated carbocycles. The number of carbonyl (C=O) groups excluding carboxylic acids is 1. The summed E-state index contributed by atoms with van der Waals surface area (Å²) in [5.74, 6) is -1.47. The summed E-state index contributed by atoms with van der Waals surface area (Å²) in [6.07, 6.45) is 0. The van der Waals surface area contributed by atoms with Crippen LogP contribution in [0.25, 0.3) is 0 Å². The lowest BCUT2D eigenvalue weighted by Crippen LogP contribution is -2.31. The Morgan fingerprint density at radius 3 is 2.43 bits per heavy atom. The summed E-state index contributed by atoms with van der Waals surface area (Å²) in [7, 11) is 1.60. The maximum absolute atomic E-state index is 13.1. The zero-order valence-corrected chi connectivity index (χ0v) is 12.8. The topological polar surface area (TPSA) is 32.3 Å². The predicted molar refractivity (Wildman–Crippen MR) is 81.0 cm³/mol. The number of halogens is 3. The molecular weight excluding hydrogens is 342 g/mol. The first kappa shape index (κ1) is 15.4. The standard InChI is InChI=1S/C15H13BrF2N2O/c1-20(9-10-4-2-3-5-14(10)16)15(21)19-13-7-11(17)6-12(18)8-13/h2-8H,9H2,1H3,(H,19,21). The van der Waals surface area contributed by atoms with Crippen molar-refractivity contribution in [3.05, 3.63) is 64.1 Å². The van der Waals surface area contributed by atoms with E-state index in [0.29, 0.717) is 6.54 Å². The summed E-state index contributed by atoms with van der Waals surface area (Å²) < 4.78 is 27.0. The predicted octanol–water partition coefficient (Wildman–Crippen LogP) is 4.39. The zero-order chi connectivity index (χ0) is 15.4. The van der Waals surface area contributed by atoms with Crippen molar-refractivity contribution >= 4 is 27.6 Å². The van der Waals surface area contributed by atoms with Gasteiger partial charge in [-0.2, -0.15) is 0 Å². The van der Waals surface area contributed by atoms with Crippen molar-refractivity contribution in [1.29, 1.82) is 0 Å². The Bertz CT molecular complexity index is 644. The van der Waals surface area contributed by atoms with Crippen LogP contribution >= 0.6 is 15.9 Å². The molecule has 0 aliphatic heterocycles. The summed E-state index contributed by atoms with van der Waals surface area (Å²) in [5.41, 5.74) is 1.01. The Balaban J connectivity index is 2.04. The highest BCUT2D eigenvalue weighted by atomic mass is 79.9. The minimum absolute atomic E-state index is 0.0801. The van der Waals surface area contributed by atoms with E-state index in [0.717, 1.165) is 28.2 Å². The van der Waals surface area contributed by atoms with Crippen LogP contribution in [0, 0.1) is 11.6 Å². The minimum atomic E-state index is -0.737. The number of carbonyl (C=O) groups is 1. The van der Waals surface area contributed by atoms with E-state index in [1.54, 1.807) is 7.05 Å². The van der Waals surface area contributed by atoms with E-state index in [2.05, 4.69) is 21.2 Å². The fourth-order valence-corrected chi connectivity index (χ4v) is 2.21. The summed E-state index contributed by atoms with van der Waals surface area (Å²) in [6, 6.07) is 9.94. The Kier molecular flexibility index (Phi) is 4.90. The lowest BCUT2D eigenvalue weighted by molar-refractivity contribution is 0.220. The molecule has 2 amide bonds. The highest BCUT2D eigenvalue weighted by Gasteiger charge is 2.12. The number of benzene rings is 2. The summed E-state index contributed by atoms with van der Waals surface area (Å²) in [5, 5.41) is 2.45. The van der Waals surface area contributed by atoms with Gasteiger partial charge in [-0.25, -0.2) is 13.6 Å². The van der Waals surface area contributed by atoms with E-state index < -0.39 is 17.7 Å². The van der Waals surface area contributed by atoms with Gasteiger partial charge in [0.05, 0.1) is 0 Å². The van der Waals surface area contributed by atoms with Crippen molar-refractivity contribution in [2.45, 2.75) is 6.54 Å². The van der Waals surface area contributed by atoms with Crippen LogP contribution < -0.4 is 5.32 Å². The SMILES string of the molecule is CN(Cc1ccccc1Br)C(=O)Nc1cc(F)cc(F)c1. The van der Waals surface area contributed by atoms with Crippen LogP contribution in [0.5, 0.6) is 0 Å². The molecule has 0 spiro atoms. The minimum Gasteiger partial charge on any atom is -0.323 e. The van der Waals surface area contributed by atoms with E-state index in [-0.39, 0.29) is 5.69 Å². The van der Waals surface area contributed by atoms with Gasteiger partial charge in [-0.1, -0.05) is 34.1 Å².